The van der Waals surface area contributed by atoms with Gasteiger partial charge in [0.25, 0.3) is 5.56 Å². The number of ether oxygens (including phenoxy) is 4. The molecule has 1 aliphatic heterocycles. The highest BCUT2D eigenvalue weighted by atomic mass is 32.1. The summed E-state index contributed by atoms with van der Waals surface area (Å²) in [5.41, 5.74) is 2.29. The van der Waals surface area contributed by atoms with Crippen molar-refractivity contribution in [2.75, 3.05) is 27.4 Å². The molecule has 0 fully saturated rings. The summed E-state index contributed by atoms with van der Waals surface area (Å²) in [6.45, 7) is 1.40. The van der Waals surface area contributed by atoms with E-state index in [-0.39, 0.29) is 17.7 Å². The summed E-state index contributed by atoms with van der Waals surface area (Å²) in [4.78, 5) is 43.7. The normalized spacial score (nSPS) is 14.5. The van der Waals surface area contributed by atoms with Crippen LogP contribution in [0.25, 0.3) is 11.8 Å². The van der Waals surface area contributed by atoms with E-state index in [9.17, 15) is 14.4 Å². The summed E-state index contributed by atoms with van der Waals surface area (Å²) >= 11 is 1.19. The van der Waals surface area contributed by atoms with E-state index in [1.54, 1.807) is 55.5 Å². The number of hydrogen-bond acceptors (Lipinski definition) is 9. The molecule has 5 rings (SSSR count). The van der Waals surface area contributed by atoms with Crippen molar-refractivity contribution in [3.8, 4) is 17.2 Å². The summed E-state index contributed by atoms with van der Waals surface area (Å²) in [5.74, 6) is -0.336. The molecule has 0 saturated heterocycles. The van der Waals surface area contributed by atoms with Crippen LogP contribution in [0.4, 0.5) is 0 Å². The lowest BCUT2D eigenvalue weighted by atomic mass is 9.93. The van der Waals surface area contributed by atoms with E-state index < -0.39 is 24.6 Å². The minimum Gasteiger partial charge on any atom is -0.493 e. The van der Waals surface area contributed by atoms with Crippen LogP contribution >= 0.6 is 11.3 Å². The highest BCUT2D eigenvalue weighted by Crippen LogP contribution is 2.38. The number of rotatable bonds is 10. The van der Waals surface area contributed by atoms with Crippen molar-refractivity contribution >= 4 is 35.0 Å². The summed E-state index contributed by atoms with van der Waals surface area (Å²) in [7, 11) is 3.05. The first-order valence-electron chi connectivity index (χ1n) is 13.3. The SMILES string of the molecule is CCOC(=O)C1=C(c2ccccc2)N=c2s/c(=C/c3ccc(OCC(=O)O)cc3)c(=O)n2[C@H]1c1ccc(OC)c(OC)c1. The largest absolute Gasteiger partial charge is 0.493 e. The van der Waals surface area contributed by atoms with Crippen molar-refractivity contribution in [2.24, 2.45) is 4.99 Å². The van der Waals surface area contributed by atoms with Crippen LogP contribution in [0, 0.1) is 0 Å². The Bertz CT molecular complexity index is 1880. The zero-order valence-electron chi connectivity index (χ0n) is 23.6. The molecule has 4 aromatic rings. The van der Waals surface area contributed by atoms with E-state index in [4.69, 9.17) is 29.0 Å². The number of esters is 1. The molecule has 0 aliphatic carbocycles. The lowest BCUT2D eigenvalue weighted by molar-refractivity contribution is -0.140. The van der Waals surface area contributed by atoms with E-state index in [0.717, 1.165) is 0 Å². The van der Waals surface area contributed by atoms with E-state index in [2.05, 4.69) is 0 Å². The maximum absolute atomic E-state index is 14.1. The maximum Gasteiger partial charge on any atom is 0.341 e. The molecule has 0 saturated carbocycles. The molecule has 220 valence electrons. The maximum atomic E-state index is 14.1. The molecule has 0 amide bonds. The van der Waals surface area contributed by atoms with Crippen LogP contribution < -0.4 is 29.1 Å². The van der Waals surface area contributed by atoms with Crippen molar-refractivity contribution in [3.63, 3.8) is 0 Å². The predicted molar refractivity (Wildman–Crippen MR) is 160 cm³/mol. The van der Waals surface area contributed by atoms with Crippen LogP contribution in [-0.4, -0.2) is 49.0 Å². The van der Waals surface area contributed by atoms with Gasteiger partial charge in [0, 0.05) is 5.56 Å². The van der Waals surface area contributed by atoms with Crippen molar-refractivity contribution in [1.82, 2.24) is 4.57 Å². The first-order chi connectivity index (χ1) is 20.8. The summed E-state index contributed by atoms with van der Waals surface area (Å²) in [6, 6.07) is 20.4. The number of carboxylic acids is 1. The molecule has 10 nitrogen and oxygen atoms in total. The number of carboxylic acid groups (broad SMARTS) is 1. The highest BCUT2D eigenvalue weighted by molar-refractivity contribution is 7.07. The predicted octanol–water partition coefficient (Wildman–Crippen LogP) is 3.42. The standard InChI is InChI=1S/C32H28N2O8S/c1-4-41-31(38)27-28(20-8-6-5-7-9-20)33-32-34(29(27)21-12-15-23(39-2)24(17-21)40-3)30(37)25(43-32)16-19-10-13-22(14-11-19)42-18-26(35)36/h5-17,29H,4,18H2,1-3H3,(H,35,36)/b25-16+/t29-/m0/s1. The second-order valence-corrected chi connectivity index (χ2v) is 10.3. The minimum absolute atomic E-state index is 0.139. The number of methoxy groups -OCH3 is 2. The second-order valence-electron chi connectivity index (χ2n) is 9.30. The van der Waals surface area contributed by atoms with Crippen LogP contribution in [0.15, 0.2) is 88.2 Å². The minimum atomic E-state index is -1.08. The van der Waals surface area contributed by atoms with Crippen molar-refractivity contribution in [1.29, 1.82) is 0 Å². The molecular weight excluding hydrogens is 572 g/mol. The summed E-state index contributed by atoms with van der Waals surface area (Å²) < 4.78 is 23.6. The Labute approximate surface area is 250 Å². The molecular formula is C32H28N2O8S. The Balaban J connectivity index is 1.73. The van der Waals surface area contributed by atoms with Crippen LogP contribution in [0.2, 0.25) is 0 Å². The Kier molecular flexibility index (Phi) is 8.72. The van der Waals surface area contributed by atoms with Gasteiger partial charge in [0.2, 0.25) is 0 Å². The average molecular weight is 601 g/mol. The summed E-state index contributed by atoms with van der Waals surface area (Å²) in [6.07, 6.45) is 1.71. The zero-order chi connectivity index (χ0) is 30.5. The van der Waals surface area contributed by atoms with Gasteiger partial charge in [-0.05, 0) is 48.4 Å². The number of aromatic nitrogens is 1. The molecule has 43 heavy (non-hydrogen) atoms. The number of benzene rings is 3. The molecule has 0 radical (unpaired) electrons. The molecule has 1 N–H and O–H groups in total. The van der Waals surface area contributed by atoms with Crippen LogP contribution in [0.5, 0.6) is 17.2 Å². The van der Waals surface area contributed by atoms with Crippen LogP contribution in [-0.2, 0) is 14.3 Å². The molecule has 3 aromatic carbocycles. The lowest BCUT2D eigenvalue weighted by Crippen LogP contribution is -2.40. The Morgan fingerprint density at radius 2 is 1.72 bits per heavy atom. The van der Waals surface area contributed by atoms with Gasteiger partial charge < -0.3 is 24.1 Å². The fourth-order valence-corrected chi connectivity index (χ4v) is 5.74. The number of nitrogens with zero attached hydrogens (tertiary/aromatic N) is 2. The van der Waals surface area contributed by atoms with Gasteiger partial charge in [0.15, 0.2) is 22.9 Å². The molecule has 0 spiro atoms. The second kappa shape index (κ2) is 12.8. The molecule has 0 bridgehead atoms. The zero-order valence-corrected chi connectivity index (χ0v) is 24.4. The van der Waals surface area contributed by atoms with Gasteiger partial charge in [-0.1, -0.05) is 59.9 Å². The quantitative estimate of drug-likeness (QED) is 0.275. The first-order valence-corrected chi connectivity index (χ1v) is 14.1. The Morgan fingerprint density at radius 3 is 2.37 bits per heavy atom. The van der Waals surface area contributed by atoms with E-state index in [1.165, 1.54) is 30.1 Å². The van der Waals surface area contributed by atoms with Gasteiger partial charge in [-0.3, -0.25) is 9.36 Å². The van der Waals surface area contributed by atoms with Crippen molar-refractivity contribution < 1.29 is 33.6 Å². The Hall–Kier alpha value is -5.16. The third-order valence-corrected chi connectivity index (χ3v) is 7.62. The van der Waals surface area contributed by atoms with E-state index in [0.29, 0.717) is 49.0 Å². The van der Waals surface area contributed by atoms with E-state index >= 15 is 0 Å². The molecule has 0 unspecified atom stereocenters. The van der Waals surface area contributed by atoms with Crippen molar-refractivity contribution in [2.45, 2.75) is 13.0 Å². The smallest absolute Gasteiger partial charge is 0.341 e. The van der Waals surface area contributed by atoms with Gasteiger partial charge in [0.05, 0.1) is 42.7 Å². The summed E-state index contributed by atoms with van der Waals surface area (Å²) in [5, 5.41) is 8.85. The lowest BCUT2D eigenvalue weighted by Gasteiger charge is -2.26. The molecule has 1 aliphatic rings. The third-order valence-electron chi connectivity index (χ3n) is 6.64. The molecule has 11 heteroatoms. The number of aliphatic carboxylic acids is 1. The van der Waals surface area contributed by atoms with E-state index in [1.807, 2.05) is 30.3 Å². The van der Waals surface area contributed by atoms with Crippen molar-refractivity contribution in [3.05, 3.63) is 115 Å². The molecule has 1 atom stereocenters. The topological polar surface area (TPSA) is 126 Å². The molecule has 2 heterocycles. The fraction of sp³-hybridized carbons (Fsp3) is 0.188. The van der Waals surface area contributed by atoms with Gasteiger partial charge in [-0.15, -0.1) is 0 Å². The van der Waals surface area contributed by atoms with Crippen LogP contribution in [0.3, 0.4) is 0 Å². The van der Waals surface area contributed by atoms with Gasteiger partial charge >= 0.3 is 11.9 Å². The fourth-order valence-electron chi connectivity index (χ4n) is 4.74. The number of carbonyl (C=O) groups excluding carboxylic acids is 1. The third kappa shape index (κ3) is 6.07. The van der Waals surface area contributed by atoms with Gasteiger partial charge in [0.1, 0.15) is 5.75 Å². The number of fused-ring (bicyclic) bond motifs is 1. The van der Waals surface area contributed by atoms with Gasteiger partial charge in [-0.25, -0.2) is 14.6 Å². The van der Waals surface area contributed by atoms with Gasteiger partial charge in [-0.2, -0.15) is 0 Å². The first kappa shape index (κ1) is 29.3. The molecule has 1 aromatic heterocycles. The average Bonchev–Trinajstić information content (AvgIpc) is 3.34. The van der Waals surface area contributed by atoms with Crippen LogP contribution in [0.1, 0.15) is 29.7 Å². The Morgan fingerprint density at radius 1 is 1.00 bits per heavy atom. The number of carbonyl (C=O) groups is 2. The highest BCUT2D eigenvalue weighted by Gasteiger charge is 2.35. The number of thiazole rings is 1. The number of hydrogen-bond donors (Lipinski definition) is 1. The monoisotopic (exact) mass is 600 g/mol.